The molecule has 3 aromatic rings. The highest BCUT2D eigenvalue weighted by Crippen LogP contribution is 2.31. The third kappa shape index (κ3) is 5.21. The lowest BCUT2D eigenvalue weighted by molar-refractivity contribution is -0.114. The SMILES string of the molecule is COc1cc(/C=C(\C#N)C(=O)N2CCc3ccccc32)ccc1OCCOc1cccc(C)c1. The second-order valence-electron chi connectivity index (χ2n) is 7.93. The van der Waals surface area contributed by atoms with E-state index in [4.69, 9.17) is 14.2 Å². The number of nitriles is 1. The molecular weight excluding hydrogens is 428 g/mol. The fraction of sp³-hybridized carbons (Fsp3) is 0.214. The van der Waals surface area contributed by atoms with Gasteiger partial charge in [-0.3, -0.25) is 4.79 Å². The van der Waals surface area contributed by atoms with Crippen molar-refractivity contribution in [2.75, 3.05) is 31.8 Å². The number of rotatable bonds is 8. The fourth-order valence-corrected chi connectivity index (χ4v) is 3.91. The zero-order chi connectivity index (χ0) is 23.9. The van der Waals surface area contributed by atoms with E-state index in [9.17, 15) is 10.1 Å². The van der Waals surface area contributed by atoms with Crippen LogP contribution in [0.25, 0.3) is 6.08 Å². The first-order chi connectivity index (χ1) is 16.6. The van der Waals surface area contributed by atoms with Crippen LogP contribution in [0.2, 0.25) is 0 Å². The minimum absolute atomic E-state index is 0.0685. The molecule has 0 bridgehead atoms. The van der Waals surface area contributed by atoms with E-state index >= 15 is 0 Å². The topological polar surface area (TPSA) is 71.8 Å². The van der Waals surface area contributed by atoms with Gasteiger partial charge in [0.05, 0.1) is 7.11 Å². The lowest BCUT2D eigenvalue weighted by Crippen LogP contribution is -2.29. The van der Waals surface area contributed by atoms with E-state index in [2.05, 4.69) is 6.07 Å². The average molecular weight is 455 g/mol. The molecule has 1 heterocycles. The number of amides is 1. The first-order valence-electron chi connectivity index (χ1n) is 11.1. The van der Waals surface area contributed by atoms with Crippen LogP contribution >= 0.6 is 0 Å². The van der Waals surface area contributed by atoms with Gasteiger partial charge in [0, 0.05) is 12.2 Å². The number of hydrogen-bond donors (Lipinski definition) is 0. The van der Waals surface area contributed by atoms with Crippen molar-refractivity contribution in [3.8, 4) is 23.3 Å². The fourth-order valence-electron chi connectivity index (χ4n) is 3.91. The Bertz CT molecular complexity index is 1260. The van der Waals surface area contributed by atoms with Crippen molar-refractivity contribution in [3.05, 3.63) is 89.0 Å². The Kier molecular flexibility index (Phi) is 7.14. The van der Waals surface area contributed by atoms with E-state index < -0.39 is 0 Å². The number of para-hydroxylation sites is 1. The highest BCUT2D eigenvalue weighted by Gasteiger charge is 2.26. The second-order valence-corrected chi connectivity index (χ2v) is 7.93. The van der Waals surface area contributed by atoms with Crippen LogP contribution in [0.5, 0.6) is 17.2 Å². The van der Waals surface area contributed by atoms with Crippen molar-refractivity contribution >= 4 is 17.7 Å². The van der Waals surface area contributed by atoms with Gasteiger partial charge in [-0.05, 0) is 66.4 Å². The summed E-state index contributed by atoms with van der Waals surface area (Å²) in [6, 6.07) is 23.0. The number of ether oxygens (including phenoxy) is 3. The third-order valence-electron chi connectivity index (χ3n) is 5.58. The van der Waals surface area contributed by atoms with E-state index in [0.29, 0.717) is 36.8 Å². The number of carbonyl (C=O) groups excluding carboxylic acids is 1. The summed E-state index contributed by atoms with van der Waals surface area (Å²) in [5, 5.41) is 9.67. The molecule has 0 spiro atoms. The van der Waals surface area contributed by atoms with Crippen LogP contribution in [-0.2, 0) is 11.2 Å². The first-order valence-corrected chi connectivity index (χ1v) is 11.1. The van der Waals surface area contributed by atoms with E-state index in [1.54, 1.807) is 36.3 Å². The summed E-state index contributed by atoms with van der Waals surface area (Å²) in [4.78, 5) is 14.7. The number of nitrogens with zero attached hydrogens (tertiary/aromatic N) is 2. The lowest BCUT2D eigenvalue weighted by Gasteiger charge is -2.16. The molecule has 0 aromatic heterocycles. The molecule has 6 nitrogen and oxygen atoms in total. The minimum atomic E-state index is -0.306. The highest BCUT2D eigenvalue weighted by atomic mass is 16.5. The summed E-state index contributed by atoms with van der Waals surface area (Å²) in [6.45, 7) is 3.31. The van der Waals surface area contributed by atoms with Crippen LogP contribution in [0.4, 0.5) is 5.69 Å². The molecule has 0 saturated heterocycles. The Morgan fingerprint density at radius 2 is 1.85 bits per heavy atom. The molecule has 1 aliphatic heterocycles. The van der Waals surface area contributed by atoms with Crippen molar-refractivity contribution in [2.24, 2.45) is 0 Å². The Balaban J connectivity index is 1.42. The summed E-state index contributed by atoms with van der Waals surface area (Å²) >= 11 is 0. The molecule has 0 fully saturated rings. The van der Waals surface area contributed by atoms with Gasteiger partial charge in [-0.2, -0.15) is 5.26 Å². The molecule has 0 radical (unpaired) electrons. The van der Waals surface area contributed by atoms with Gasteiger partial charge in [-0.25, -0.2) is 0 Å². The number of fused-ring (bicyclic) bond motifs is 1. The third-order valence-corrected chi connectivity index (χ3v) is 5.58. The predicted molar refractivity (Wildman–Crippen MR) is 131 cm³/mol. The zero-order valence-corrected chi connectivity index (χ0v) is 19.3. The van der Waals surface area contributed by atoms with Gasteiger partial charge in [0.15, 0.2) is 11.5 Å². The smallest absolute Gasteiger partial charge is 0.268 e. The van der Waals surface area contributed by atoms with E-state index in [0.717, 1.165) is 29.0 Å². The molecule has 1 aliphatic rings. The molecule has 0 unspecified atom stereocenters. The number of carbonyl (C=O) groups is 1. The molecule has 0 N–H and O–H groups in total. The summed E-state index contributed by atoms with van der Waals surface area (Å²) in [5.41, 5.74) is 3.86. The van der Waals surface area contributed by atoms with Crippen molar-refractivity contribution in [3.63, 3.8) is 0 Å². The van der Waals surface area contributed by atoms with E-state index in [1.165, 1.54) is 0 Å². The standard InChI is InChI=1S/C28H26N2O4/c1-20-6-5-8-24(16-20)33-14-15-34-26-11-10-21(18-27(26)32-2)17-23(19-29)28(31)30-13-12-22-7-3-4-9-25(22)30/h3-11,16-18H,12-15H2,1-2H3/b23-17+. The van der Waals surface area contributed by atoms with Gasteiger partial charge in [-0.1, -0.05) is 36.4 Å². The van der Waals surface area contributed by atoms with Crippen LogP contribution in [0.1, 0.15) is 16.7 Å². The Morgan fingerprint density at radius 1 is 1.03 bits per heavy atom. The van der Waals surface area contributed by atoms with Crippen molar-refractivity contribution in [1.82, 2.24) is 0 Å². The number of aryl methyl sites for hydroxylation is 1. The van der Waals surface area contributed by atoms with Crippen LogP contribution in [0.15, 0.2) is 72.3 Å². The molecule has 34 heavy (non-hydrogen) atoms. The van der Waals surface area contributed by atoms with E-state index in [-0.39, 0.29) is 11.5 Å². The maximum atomic E-state index is 13.0. The molecule has 3 aromatic carbocycles. The predicted octanol–water partition coefficient (Wildman–Crippen LogP) is 4.96. The van der Waals surface area contributed by atoms with Gasteiger partial charge in [0.2, 0.25) is 0 Å². The van der Waals surface area contributed by atoms with Gasteiger partial charge in [0.25, 0.3) is 5.91 Å². The Morgan fingerprint density at radius 3 is 2.65 bits per heavy atom. The van der Waals surface area contributed by atoms with Crippen molar-refractivity contribution < 1.29 is 19.0 Å². The van der Waals surface area contributed by atoms with Crippen molar-refractivity contribution in [2.45, 2.75) is 13.3 Å². The molecule has 6 heteroatoms. The molecule has 0 aliphatic carbocycles. The summed E-state index contributed by atoms with van der Waals surface area (Å²) in [7, 11) is 1.55. The first kappa shape index (κ1) is 22.9. The van der Waals surface area contributed by atoms with Crippen molar-refractivity contribution in [1.29, 1.82) is 5.26 Å². The maximum Gasteiger partial charge on any atom is 0.268 e. The average Bonchev–Trinajstić information content (AvgIpc) is 3.29. The molecule has 0 saturated carbocycles. The Labute approximate surface area is 199 Å². The highest BCUT2D eigenvalue weighted by molar-refractivity contribution is 6.12. The molecular formula is C28H26N2O4. The van der Waals surface area contributed by atoms with Gasteiger partial charge in [-0.15, -0.1) is 0 Å². The summed E-state index contributed by atoms with van der Waals surface area (Å²) in [6.07, 6.45) is 2.37. The van der Waals surface area contributed by atoms with Crippen LogP contribution in [-0.4, -0.2) is 32.8 Å². The second kappa shape index (κ2) is 10.6. The number of benzene rings is 3. The zero-order valence-electron chi connectivity index (χ0n) is 19.3. The molecule has 1 amide bonds. The minimum Gasteiger partial charge on any atom is -0.493 e. The van der Waals surface area contributed by atoms with E-state index in [1.807, 2.05) is 55.5 Å². The lowest BCUT2D eigenvalue weighted by atomic mass is 10.1. The van der Waals surface area contributed by atoms with Gasteiger partial charge < -0.3 is 19.1 Å². The normalized spacial score (nSPS) is 12.6. The Hall–Kier alpha value is -4.24. The summed E-state index contributed by atoms with van der Waals surface area (Å²) in [5.74, 6) is 1.57. The molecule has 172 valence electrons. The largest absolute Gasteiger partial charge is 0.493 e. The quantitative estimate of drug-likeness (QED) is 0.273. The number of anilines is 1. The monoisotopic (exact) mass is 454 g/mol. The van der Waals surface area contributed by atoms with Crippen LogP contribution in [0, 0.1) is 18.3 Å². The molecule has 4 rings (SSSR count). The van der Waals surface area contributed by atoms with Crippen LogP contribution in [0.3, 0.4) is 0 Å². The maximum absolute atomic E-state index is 13.0. The van der Waals surface area contributed by atoms with Gasteiger partial charge in [0.1, 0.15) is 30.6 Å². The number of hydrogen-bond acceptors (Lipinski definition) is 5. The van der Waals surface area contributed by atoms with Gasteiger partial charge >= 0.3 is 0 Å². The molecule has 0 atom stereocenters. The van der Waals surface area contributed by atoms with Crippen LogP contribution < -0.4 is 19.1 Å². The number of methoxy groups -OCH3 is 1. The summed E-state index contributed by atoms with van der Waals surface area (Å²) < 4.78 is 17.0.